The molecule has 1 heterocycles. The standard InChI is InChI=1S/C4H8N2/c5-4-2-1-3(2)6-4/h2-4,6H,1,5H2. The highest BCUT2D eigenvalue weighted by Gasteiger charge is 2.51. The summed E-state index contributed by atoms with van der Waals surface area (Å²) in [5.74, 6) is 0.866. The smallest absolute Gasteiger partial charge is 0.0593 e. The van der Waals surface area contributed by atoms with E-state index in [1.54, 1.807) is 0 Å². The van der Waals surface area contributed by atoms with Crippen LogP contribution in [0.1, 0.15) is 6.42 Å². The first-order valence-corrected chi connectivity index (χ1v) is 2.39. The van der Waals surface area contributed by atoms with Crippen LogP contribution in [0.3, 0.4) is 0 Å². The van der Waals surface area contributed by atoms with Crippen molar-refractivity contribution in [2.75, 3.05) is 0 Å². The molecule has 3 unspecified atom stereocenters. The van der Waals surface area contributed by atoms with E-state index in [1.165, 1.54) is 6.42 Å². The lowest BCUT2D eigenvalue weighted by molar-refractivity contribution is 0.363. The molecule has 34 valence electrons. The van der Waals surface area contributed by atoms with Gasteiger partial charge in [-0.1, -0.05) is 0 Å². The molecular formula is C4H8N2. The second kappa shape index (κ2) is 0.634. The van der Waals surface area contributed by atoms with Crippen molar-refractivity contribution in [1.29, 1.82) is 0 Å². The topological polar surface area (TPSA) is 38.0 Å². The first-order valence-electron chi connectivity index (χ1n) is 2.39. The summed E-state index contributed by atoms with van der Waals surface area (Å²) in [6.45, 7) is 0. The van der Waals surface area contributed by atoms with Crippen LogP contribution < -0.4 is 11.1 Å². The molecule has 1 saturated heterocycles. The van der Waals surface area contributed by atoms with Gasteiger partial charge in [-0.05, 0) is 6.42 Å². The zero-order chi connectivity index (χ0) is 4.15. The van der Waals surface area contributed by atoms with Gasteiger partial charge in [0.1, 0.15) is 0 Å². The van der Waals surface area contributed by atoms with E-state index in [2.05, 4.69) is 5.32 Å². The molecule has 3 atom stereocenters. The number of fused-ring (bicyclic) bond motifs is 1. The Morgan fingerprint density at radius 2 is 2.50 bits per heavy atom. The third-order valence-electron chi connectivity index (χ3n) is 1.71. The molecule has 2 fully saturated rings. The summed E-state index contributed by atoms with van der Waals surface area (Å²) in [6, 6.07) is 0.833. The van der Waals surface area contributed by atoms with Crippen LogP contribution in [-0.2, 0) is 0 Å². The van der Waals surface area contributed by atoms with Gasteiger partial charge in [-0.2, -0.15) is 0 Å². The molecule has 3 N–H and O–H groups in total. The highest BCUT2D eigenvalue weighted by Crippen LogP contribution is 2.40. The highest BCUT2D eigenvalue weighted by atomic mass is 15.2. The van der Waals surface area contributed by atoms with Crippen molar-refractivity contribution >= 4 is 0 Å². The van der Waals surface area contributed by atoms with Crippen LogP contribution in [0.5, 0.6) is 0 Å². The monoisotopic (exact) mass is 84.1 g/mol. The molecule has 0 spiro atoms. The molecule has 1 aliphatic carbocycles. The second-order valence-corrected chi connectivity index (χ2v) is 2.20. The molecule has 1 aliphatic heterocycles. The van der Waals surface area contributed by atoms with E-state index in [-0.39, 0.29) is 0 Å². The third-order valence-corrected chi connectivity index (χ3v) is 1.71. The molecule has 2 aliphatic rings. The van der Waals surface area contributed by atoms with Gasteiger partial charge in [0, 0.05) is 12.0 Å². The van der Waals surface area contributed by atoms with Crippen LogP contribution >= 0.6 is 0 Å². The minimum atomic E-state index is 0.356. The zero-order valence-corrected chi connectivity index (χ0v) is 3.52. The fourth-order valence-corrected chi connectivity index (χ4v) is 1.06. The van der Waals surface area contributed by atoms with Gasteiger partial charge in [0.15, 0.2) is 0 Å². The third kappa shape index (κ3) is 0.172. The maximum Gasteiger partial charge on any atom is 0.0593 e. The Hall–Kier alpha value is -0.0800. The number of nitrogens with two attached hydrogens (primary N) is 1. The predicted octanol–water partition coefficient (Wildman–Crippen LogP) is -0.737. The molecule has 0 aromatic heterocycles. The van der Waals surface area contributed by atoms with E-state index in [1.807, 2.05) is 0 Å². The molecule has 6 heavy (non-hydrogen) atoms. The normalized spacial score (nSPS) is 62.5. The van der Waals surface area contributed by atoms with Gasteiger partial charge in [0.2, 0.25) is 0 Å². The van der Waals surface area contributed by atoms with Crippen molar-refractivity contribution in [2.24, 2.45) is 11.7 Å². The fourth-order valence-electron chi connectivity index (χ4n) is 1.06. The molecule has 0 aromatic carbocycles. The van der Waals surface area contributed by atoms with Gasteiger partial charge in [0.25, 0.3) is 0 Å². The van der Waals surface area contributed by atoms with E-state index in [4.69, 9.17) is 5.73 Å². The Labute approximate surface area is 36.7 Å². The van der Waals surface area contributed by atoms with Gasteiger partial charge in [0.05, 0.1) is 6.17 Å². The first-order chi connectivity index (χ1) is 2.88. The van der Waals surface area contributed by atoms with Crippen LogP contribution in [-0.4, -0.2) is 12.2 Å². The van der Waals surface area contributed by atoms with Gasteiger partial charge < -0.3 is 5.73 Å². The zero-order valence-electron chi connectivity index (χ0n) is 3.52. The fraction of sp³-hybridized carbons (Fsp3) is 1.00. The summed E-state index contributed by atoms with van der Waals surface area (Å²) in [5.41, 5.74) is 5.45. The Morgan fingerprint density at radius 1 is 1.67 bits per heavy atom. The summed E-state index contributed by atoms with van der Waals surface area (Å²) < 4.78 is 0. The van der Waals surface area contributed by atoms with E-state index in [0.717, 1.165) is 12.0 Å². The average molecular weight is 84.1 g/mol. The first kappa shape index (κ1) is 2.99. The summed E-state index contributed by atoms with van der Waals surface area (Å²) in [5, 5.41) is 3.16. The van der Waals surface area contributed by atoms with Crippen molar-refractivity contribution in [1.82, 2.24) is 5.32 Å². The van der Waals surface area contributed by atoms with Gasteiger partial charge in [-0.25, -0.2) is 0 Å². The van der Waals surface area contributed by atoms with Crippen LogP contribution in [0, 0.1) is 5.92 Å². The summed E-state index contributed by atoms with van der Waals surface area (Å²) in [6.07, 6.45) is 1.69. The van der Waals surface area contributed by atoms with Crippen molar-refractivity contribution in [3.05, 3.63) is 0 Å². The minimum absolute atomic E-state index is 0.356. The maximum atomic E-state index is 5.45. The molecule has 1 saturated carbocycles. The van der Waals surface area contributed by atoms with Gasteiger partial charge in [-0.15, -0.1) is 0 Å². The molecule has 0 amide bonds. The Kier molecular flexibility index (Phi) is 0.316. The molecule has 0 radical (unpaired) electrons. The molecular weight excluding hydrogens is 76.1 g/mol. The lowest BCUT2D eigenvalue weighted by atomic mass is 10.2. The lowest BCUT2D eigenvalue weighted by Gasteiger charge is -2.21. The van der Waals surface area contributed by atoms with E-state index >= 15 is 0 Å². The average Bonchev–Trinajstić information content (AvgIpc) is 2.12. The Balaban J connectivity index is 2.08. The summed E-state index contributed by atoms with van der Waals surface area (Å²) in [4.78, 5) is 0. The lowest BCUT2D eigenvalue weighted by Crippen LogP contribution is -2.51. The molecule has 2 rings (SSSR count). The van der Waals surface area contributed by atoms with Crippen molar-refractivity contribution in [2.45, 2.75) is 18.6 Å². The quantitative estimate of drug-likeness (QED) is 0.406. The van der Waals surface area contributed by atoms with Gasteiger partial charge >= 0.3 is 0 Å². The molecule has 0 bridgehead atoms. The van der Waals surface area contributed by atoms with Crippen molar-refractivity contribution in [3.8, 4) is 0 Å². The van der Waals surface area contributed by atoms with Crippen LogP contribution in [0.4, 0.5) is 0 Å². The van der Waals surface area contributed by atoms with E-state index < -0.39 is 0 Å². The van der Waals surface area contributed by atoms with Crippen LogP contribution in [0.15, 0.2) is 0 Å². The van der Waals surface area contributed by atoms with Crippen LogP contribution in [0.2, 0.25) is 0 Å². The molecule has 2 heteroatoms. The molecule has 0 aromatic rings. The number of rotatable bonds is 0. The Morgan fingerprint density at radius 3 is 2.50 bits per heavy atom. The molecule has 2 nitrogen and oxygen atoms in total. The maximum absolute atomic E-state index is 5.45. The number of hydrogen-bond donors (Lipinski definition) is 2. The number of nitrogens with one attached hydrogen (secondary N) is 1. The summed E-state index contributed by atoms with van der Waals surface area (Å²) >= 11 is 0. The van der Waals surface area contributed by atoms with E-state index in [9.17, 15) is 0 Å². The van der Waals surface area contributed by atoms with Crippen LogP contribution in [0.25, 0.3) is 0 Å². The predicted molar refractivity (Wildman–Crippen MR) is 23.0 cm³/mol. The SMILES string of the molecule is NC1NC2CC12. The Bertz CT molecular complexity index is 81.6. The summed E-state index contributed by atoms with van der Waals surface area (Å²) in [7, 11) is 0. The van der Waals surface area contributed by atoms with Gasteiger partial charge in [-0.3, -0.25) is 5.32 Å². The van der Waals surface area contributed by atoms with Crippen molar-refractivity contribution < 1.29 is 0 Å². The largest absolute Gasteiger partial charge is 0.316 e. The minimum Gasteiger partial charge on any atom is -0.316 e. The van der Waals surface area contributed by atoms with Crippen molar-refractivity contribution in [3.63, 3.8) is 0 Å². The second-order valence-electron chi connectivity index (χ2n) is 2.20. The number of hydrogen-bond acceptors (Lipinski definition) is 2. The van der Waals surface area contributed by atoms with E-state index in [0.29, 0.717) is 6.17 Å². The highest BCUT2D eigenvalue weighted by molar-refractivity contribution is 5.08.